The molecule has 0 radical (unpaired) electrons. The summed E-state index contributed by atoms with van der Waals surface area (Å²) in [7, 11) is 2.34. The van der Waals surface area contributed by atoms with Gasteiger partial charge in [0.15, 0.2) is 5.69 Å². The van der Waals surface area contributed by atoms with Crippen LogP contribution in [0.5, 0.6) is 5.88 Å². The molecule has 0 saturated heterocycles. The Bertz CT molecular complexity index is 1090. The van der Waals surface area contributed by atoms with Crippen molar-refractivity contribution >= 4 is 23.3 Å². The van der Waals surface area contributed by atoms with Crippen molar-refractivity contribution in [3.05, 3.63) is 50.8 Å². The van der Waals surface area contributed by atoms with Crippen molar-refractivity contribution in [1.29, 1.82) is 5.26 Å². The summed E-state index contributed by atoms with van der Waals surface area (Å²) in [6, 6.07) is 5.60. The number of nitrogens with zero attached hydrogens (tertiary/aromatic N) is 4. The van der Waals surface area contributed by atoms with E-state index in [0.29, 0.717) is 0 Å². The Labute approximate surface area is 170 Å². The lowest BCUT2D eigenvalue weighted by Gasteiger charge is -2.11. The molecular formula is C19H18N4O7. The molecule has 1 aromatic carbocycles. The van der Waals surface area contributed by atoms with Gasteiger partial charge in [0.25, 0.3) is 5.56 Å². The molecule has 0 aliphatic rings. The molecule has 0 amide bonds. The maximum Gasteiger partial charge on any atom is 0.337 e. The molecule has 30 heavy (non-hydrogen) atoms. The quantitative estimate of drug-likeness (QED) is 0.533. The van der Waals surface area contributed by atoms with Gasteiger partial charge in [0, 0.05) is 5.56 Å². The van der Waals surface area contributed by atoms with E-state index < -0.39 is 30.0 Å². The van der Waals surface area contributed by atoms with Crippen molar-refractivity contribution in [1.82, 2.24) is 4.57 Å². The molecule has 2 aromatic rings. The number of benzene rings is 1. The minimum absolute atomic E-state index is 0.00665. The van der Waals surface area contributed by atoms with E-state index in [1.54, 1.807) is 6.07 Å². The second-order valence-corrected chi connectivity index (χ2v) is 5.92. The molecule has 11 heteroatoms. The van der Waals surface area contributed by atoms with Crippen LogP contribution in [0.2, 0.25) is 0 Å². The Kier molecular flexibility index (Phi) is 7.00. The second-order valence-electron chi connectivity index (χ2n) is 5.92. The van der Waals surface area contributed by atoms with Crippen LogP contribution < -0.4 is 5.56 Å². The number of rotatable bonds is 6. The predicted octanol–water partition coefficient (Wildman–Crippen LogP) is 1.71. The zero-order valence-electron chi connectivity index (χ0n) is 16.4. The Morgan fingerprint density at radius 2 is 1.70 bits per heavy atom. The lowest BCUT2D eigenvalue weighted by molar-refractivity contribution is 0.0599. The van der Waals surface area contributed by atoms with Gasteiger partial charge in [0.05, 0.1) is 44.2 Å². The van der Waals surface area contributed by atoms with Crippen LogP contribution in [-0.2, 0) is 16.0 Å². The fraction of sp³-hybridized carbons (Fsp3) is 0.263. The fourth-order valence-corrected chi connectivity index (χ4v) is 2.61. The van der Waals surface area contributed by atoms with Crippen molar-refractivity contribution in [2.75, 3.05) is 20.8 Å². The van der Waals surface area contributed by atoms with Gasteiger partial charge in [0.2, 0.25) is 5.88 Å². The molecule has 0 fully saturated rings. The van der Waals surface area contributed by atoms with Crippen molar-refractivity contribution in [3.63, 3.8) is 0 Å². The van der Waals surface area contributed by atoms with Gasteiger partial charge >= 0.3 is 11.9 Å². The van der Waals surface area contributed by atoms with Gasteiger partial charge in [-0.2, -0.15) is 10.4 Å². The van der Waals surface area contributed by atoms with Gasteiger partial charge in [-0.15, -0.1) is 5.11 Å². The third-order valence-corrected chi connectivity index (χ3v) is 4.12. The Balaban J connectivity index is 2.66. The van der Waals surface area contributed by atoms with Crippen molar-refractivity contribution in [3.8, 4) is 11.9 Å². The molecule has 0 atom stereocenters. The number of ether oxygens (including phenoxy) is 2. The first-order chi connectivity index (χ1) is 14.3. The number of azo groups is 1. The highest BCUT2D eigenvalue weighted by Crippen LogP contribution is 2.27. The van der Waals surface area contributed by atoms with E-state index in [9.17, 15) is 24.8 Å². The highest BCUT2D eigenvalue weighted by Gasteiger charge is 2.19. The molecule has 2 N–H and O–H groups in total. The van der Waals surface area contributed by atoms with Gasteiger partial charge < -0.3 is 19.7 Å². The highest BCUT2D eigenvalue weighted by molar-refractivity contribution is 5.96. The normalized spacial score (nSPS) is 10.6. The molecule has 0 aliphatic heterocycles. The summed E-state index contributed by atoms with van der Waals surface area (Å²) < 4.78 is 10.1. The van der Waals surface area contributed by atoms with Gasteiger partial charge in [-0.05, 0) is 25.1 Å². The van der Waals surface area contributed by atoms with Crippen LogP contribution in [0.15, 0.2) is 33.2 Å². The summed E-state index contributed by atoms with van der Waals surface area (Å²) in [6.07, 6.45) is 0. The standard InChI is InChI=1S/C19H18N4O7/c1-10-14(9-20)16(25)23(4-5-24)17(26)15(10)22-21-13-7-11(18(27)29-2)6-12(8-13)19(28)30-3/h6-8,24-25H,4-5H2,1-3H3. The van der Waals surface area contributed by atoms with E-state index in [-0.39, 0.29) is 40.2 Å². The largest absolute Gasteiger partial charge is 0.493 e. The first kappa shape index (κ1) is 22.3. The number of aromatic nitrogens is 1. The van der Waals surface area contributed by atoms with Gasteiger partial charge in [-0.1, -0.05) is 0 Å². The molecule has 1 heterocycles. The number of nitriles is 1. The van der Waals surface area contributed by atoms with Crippen LogP contribution in [-0.4, -0.2) is 47.5 Å². The van der Waals surface area contributed by atoms with Crippen LogP contribution in [0, 0.1) is 18.3 Å². The zero-order valence-corrected chi connectivity index (χ0v) is 16.4. The third kappa shape index (κ3) is 4.34. The molecule has 0 aliphatic carbocycles. The van der Waals surface area contributed by atoms with Gasteiger partial charge in [-0.3, -0.25) is 9.36 Å². The van der Waals surface area contributed by atoms with E-state index in [0.717, 1.165) is 4.57 Å². The number of aliphatic hydroxyl groups excluding tert-OH is 1. The predicted molar refractivity (Wildman–Crippen MR) is 102 cm³/mol. The number of aromatic hydroxyl groups is 1. The summed E-state index contributed by atoms with van der Waals surface area (Å²) in [4.78, 5) is 36.3. The number of pyridine rings is 1. The number of hydrogen-bond donors (Lipinski definition) is 2. The lowest BCUT2D eigenvalue weighted by atomic mass is 10.1. The van der Waals surface area contributed by atoms with E-state index in [1.165, 1.54) is 39.3 Å². The van der Waals surface area contributed by atoms with Crippen LogP contribution in [0.3, 0.4) is 0 Å². The number of hydrogen-bond acceptors (Lipinski definition) is 10. The van der Waals surface area contributed by atoms with Crippen LogP contribution in [0.1, 0.15) is 31.8 Å². The minimum Gasteiger partial charge on any atom is -0.493 e. The van der Waals surface area contributed by atoms with Gasteiger partial charge in [-0.25, -0.2) is 9.59 Å². The van der Waals surface area contributed by atoms with Gasteiger partial charge in [0.1, 0.15) is 11.6 Å². The lowest BCUT2D eigenvalue weighted by Crippen LogP contribution is -2.23. The summed E-state index contributed by atoms with van der Waals surface area (Å²) in [5.74, 6) is -2.04. The number of aliphatic hydroxyl groups is 1. The third-order valence-electron chi connectivity index (χ3n) is 4.12. The monoisotopic (exact) mass is 414 g/mol. The maximum atomic E-state index is 12.6. The number of carbonyl (C=O) groups excluding carboxylic acids is 2. The summed E-state index contributed by atoms with van der Waals surface area (Å²) in [6.45, 7) is 0.691. The first-order valence-corrected chi connectivity index (χ1v) is 8.49. The molecule has 0 bridgehead atoms. The SMILES string of the molecule is COC(=O)c1cc(N=Nc2c(C)c(C#N)c(O)n(CCO)c2=O)cc(C(=O)OC)c1. The summed E-state index contributed by atoms with van der Waals surface area (Å²) >= 11 is 0. The maximum absolute atomic E-state index is 12.6. The Hall–Kier alpha value is -4.04. The van der Waals surface area contributed by atoms with Crippen molar-refractivity contribution in [2.45, 2.75) is 13.5 Å². The summed E-state index contributed by atoms with van der Waals surface area (Å²) in [5.41, 5.74) is -1.09. The second kappa shape index (κ2) is 9.44. The average Bonchev–Trinajstić information content (AvgIpc) is 2.75. The molecule has 1 aromatic heterocycles. The van der Waals surface area contributed by atoms with E-state index in [4.69, 9.17) is 5.11 Å². The molecular weight excluding hydrogens is 396 g/mol. The Morgan fingerprint density at radius 1 is 1.13 bits per heavy atom. The van der Waals surface area contributed by atoms with Crippen LogP contribution in [0.4, 0.5) is 11.4 Å². The highest BCUT2D eigenvalue weighted by atomic mass is 16.5. The molecule has 11 nitrogen and oxygen atoms in total. The smallest absolute Gasteiger partial charge is 0.337 e. The van der Waals surface area contributed by atoms with E-state index in [1.807, 2.05) is 0 Å². The minimum atomic E-state index is -0.779. The fourth-order valence-electron chi connectivity index (χ4n) is 2.61. The average molecular weight is 414 g/mol. The van der Waals surface area contributed by atoms with Crippen LogP contribution >= 0.6 is 0 Å². The van der Waals surface area contributed by atoms with E-state index >= 15 is 0 Å². The Morgan fingerprint density at radius 3 is 2.17 bits per heavy atom. The molecule has 0 spiro atoms. The zero-order chi connectivity index (χ0) is 22.4. The molecule has 156 valence electrons. The number of methoxy groups -OCH3 is 2. The molecule has 0 saturated carbocycles. The van der Waals surface area contributed by atoms with Crippen molar-refractivity contribution in [2.24, 2.45) is 10.2 Å². The van der Waals surface area contributed by atoms with Crippen molar-refractivity contribution < 1.29 is 29.3 Å². The topological polar surface area (TPSA) is 164 Å². The van der Waals surface area contributed by atoms with E-state index in [2.05, 4.69) is 19.7 Å². The molecule has 0 unspecified atom stereocenters. The molecule has 2 rings (SSSR count). The summed E-state index contributed by atoms with van der Waals surface area (Å²) in [5, 5.41) is 36.3. The first-order valence-electron chi connectivity index (χ1n) is 8.49. The number of esters is 2. The number of carbonyl (C=O) groups is 2. The van der Waals surface area contributed by atoms with Crippen LogP contribution in [0.25, 0.3) is 0 Å².